The van der Waals surface area contributed by atoms with Gasteiger partial charge in [0.05, 0.1) is 18.7 Å². The first-order valence-electron chi connectivity index (χ1n) is 22.4. The predicted octanol–water partition coefficient (Wildman–Crippen LogP) is 8.60. The fourth-order valence-corrected chi connectivity index (χ4v) is 6.44. The molecule has 6 rings (SSSR count). The van der Waals surface area contributed by atoms with Gasteiger partial charge in [-0.05, 0) is 136 Å². The van der Waals surface area contributed by atoms with Gasteiger partial charge in [-0.15, -0.1) is 25.3 Å². The highest BCUT2D eigenvalue weighted by molar-refractivity contribution is 7.80. The summed E-state index contributed by atoms with van der Waals surface area (Å²) in [5, 5.41) is 29.5. The van der Waals surface area contributed by atoms with Crippen LogP contribution in [0, 0.1) is 0 Å². The Labute approximate surface area is 419 Å². The lowest BCUT2D eigenvalue weighted by atomic mass is 10.1. The van der Waals surface area contributed by atoms with E-state index < -0.39 is 6.10 Å². The number of hydrogen-bond acceptors (Lipinski definition) is 13. The Bertz CT molecular complexity index is 1810. The molecule has 0 saturated carbocycles. The molecule has 2 amide bonds. The van der Waals surface area contributed by atoms with Crippen LogP contribution in [0.5, 0.6) is 23.0 Å². The van der Waals surface area contributed by atoms with Crippen LogP contribution in [0.4, 0.5) is 0 Å². The van der Waals surface area contributed by atoms with E-state index in [1.54, 1.807) is 31.2 Å². The van der Waals surface area contributed by atoms with Gasteiger partial charge in [0.2, 0.25) is 12.3 Å². The monoisotopic (exact) mass is 999 g/mol. The third-order valence-corrected chi connectivity index (χ3v) is 10.6. The summed E-state index contributed by atoms with van der Waals surface area (Å²) in [7, 11) is 2.16. The van der Waals surface area contributed by atoms with E-state index in [2.05, 4.69) is 64.1 Å². The number of nitrogens with two attached hydrogens (primary N) is 1. The van der Waals surface area contributed by atoms with Crippen molar-refractivity contribution in [2.75, 3.05) is 72.5 Å². The van der Waals surface area contributed by atoms with E-state index in [4.69, 9.17) is 48.7 Å². The van der Waals surface area contributed by atoms with Gasteiger partial charge in [-0.1, -0.05) is 55.3 Å². The molecule has 17 heteroatoms. The Kier molecular flexibility index (Phi) is 30.9. The first-order valence-corrected chi connectivity index (χ1v) is 24.1. The average Bonchev–Trinajstić information content (AvgIpc) is 3.53. The number of hydrogen-bond donors (Lipinski definition) is 8. The Morgan fingerprint density at radius 2 is 1.33 bits per heavy atom. The summed E-state index contributed by atoms with van der Waals surface area (Å²) in [6.07, 6.45) is 7.39. The molecule has 0 aromatic heterocycles. The van der Waals surface area contributed by atoms with Crippen molar-refractivity contribution in [3.05, 3.63) is 131 Å². The van der Waals surface area contributed by atoms with Crippen LogP contribution in [0.2, 0.25) is 10.0 Å². The molecule has 1 fully saturated rings. The summed E-state index contributed by atoms with van der Waals surface area (Å²) in [5.74, 6) is 3.24. The first kappa shape index (κ1) is 59.0. The van der Waals surface area contributed by atoms with Gasteiger partial charge in [-0.2, -0.15) is 0 Å². The number of likely N-dealkylation sites (N-methyl/N-ethyl adjacent to an activating group) is 1. The number of ether oxygens (including phenoxy) is 2. The van der Waals surface area contributed by atoms with Crippen molar-refractivity contribution in [2.45, 2.75) is 68.5 Å². The van der Waals surface area contributed by atoms with E-state index in [0.717, 1.165) is 84.1 Å². The molecular formula is C50H71Cl2N7O6S2. The van der Waals surface area contributed by atoms with Gasteiger partial charge in [0.1, 0.15) is 23.0 Å². The lowest BCUT2D eigenvalue weighted by Crippen LogP contribution is -2.49. The highest BCUT2D eigenvalue weighted by Crippen LogP contribution is 2.25. The van der Waals surface area contributed by atoms with Gasteiger partial charge in [0.25, 0.3) is 0 Å². The molecular weight excluding hydrogens is 930 g/mol. The molecule has 2 aliphatic heterocycles. The highest BCUT2D eigenvalue weighted by Gasteiger charge is 2.19. The predicted molar refractivity (Wildman–Crippen MR) is 280 cm³/mol. The lowest BCUT2D eigenvalue weighted by molar-refractivity contribution is -0.147. The summed E-state index contributed by atoms with van der Waals surface area (Å²) < 4.78 is 11.2. The van der Waals surface area contributed by atoms with Crippen molar-refractivity contribution in [3.63, 3.8) is 0 Å². The third-order valence-electron chi connectivity index (χ3n) is 9.49. The number of nitrogens with zero attached hydrogens (tertiary/aromatic N) is 3. The maximum Gasteiger partial charge on any atom is 0.237 e. The number of carbonyl (C=O) groups excluding carboxylic acids is 2. The average molecular weight is 1000 g/mol. The molecule has 4 aromatic carbocycles. The van der Waals surface area contributed by atoms with Crippen molar-refractivity contribution in [3.8, 4) is 23.0 Å². The Morgan fingerprint density at radius 1 is 0.851 bits per heavy atom. The van der Waals surface area contributed by atoms with Crippen LogP contribution in [0.25, 0.3) is 0 Å². The second kappa shape index (κ2) is 35.1. The standard InChI is InChI=1S/C13H24N4O.2C12H9ClOS.C11H23N3O3.C2H6/c1-16-8-10-17(11-9-16)7-6-14-12-4-2-3-5-15-13(12)18;2*13-9-1-3-10(4-2-9)14-11-5-7-12(15)8-6-11;1-9(12)3-4-11(7-14(17)8-15)6-13-5-10(2)16;1-2/h2-3,12,14H,4-11H2,1H3,(H,15,18);2*1-8,15H;4,8-10,13,16-17H,3,5-7,12H2,1-2H3;1-2H3/b;;;11-4-;/t12-;;;9-,10?;/m1..0./s1. The Balaban J connectivity index is 0.000000303. The van der Waals surface area contributed by atoms with Crippen molar-refractivity contribution >= 4 is 60.8 Å². The number of carbonyl (C=O) groups is 2. The van der Waals surface area contributed by atoms with Gasteiger partial charge < -0.3 is 41.2 Å². The van der Waals surface area contributed by atoms with E-state index in [-0.39, 0.29) is 24.5 Å². The number of thiol groups is 2. The molecule has 0 bridgehead atoms. The minimum Gasteiger partial charge on any atom is -0.457 e. The SMILES string of the molecule is CC.CC(O)CNC/C(=C/C[C@H](C)N)CN(O)C=O.CN1CCN(CCN[C@@H]2CC=CCNC2=O)CC1.Sc1ccc(Oc2ccc(Cl)cc2)cc1.Sc1ccc(Oc2ccc(Cl)cc2)cc1. The zero-order valence-electron chi connectivity index (χ0n) is 39.4. The van der Waals surface area contributed by atoms with Gasteiger partial charge in [0, 0.05) is 84.8 Å². The van der Waals surface area contributed by atoms with Crippen molar-refractivity contribution in [1.29, 1.82) is 0 Å². The minimum atomic E-state index is -0.430. The summed E-state index contributed by atoms with van der Waals surface area (Å²) in [4.78, 5) is 28.7. The molecule has 1 saturated heterocycles. The van der Waals surface area contributed by atoms with Gasteiger partial charge >= 0.3 is 0 Å². The summed E-state index contributed by atoms with van der Waals surface area (Å²) in [5.41, 5.74) is 6.49. The van der Waals surface area contributed by atoms with Crippen molar-refractivity contribution in [2.24, 2.45) is 5.73 Å². The first-order chi connectivity index (χ1) is 32.2. The Morgan fingerprint density at radius 3 is 1.78 bits per heavy atom. The molecule has 368 valence electrons. The maximum absolute atomic E-state index is 11.7. The van der Waals surface area contributed by atoms with Crippen LogP contribution < -0.4 is 31.2 Å². The molecule has 3 atom stereocenters. The zero-order valence-corrected chi connectivity index (χ0v) is 42.7. The van der Waals surface area contributed by atoms with Gasteiger partial charge in [-0.3, -0.25) is 19.7 Å². The number of benzene rings is 4. The second-order valence-electron chi connectivity index (χ2n) is 15.5. The number of rotatable bonds is 17. The topological polar surface area (TPSA) is 165 Å². The van der Waals surface area contributed by atoms with Gasteiger partial charge in [-0.25, -0.2) is 5.06 Å². The molecule has 4 aromatic rings. The zero-order chi connectivity index (χ0) is 49.4. The molecule has 2 heterocycles. The largest absolute Gasteiger partial charge is 0.457 e. The fraction of sp³-hybridized carbons (Fsp3) is 0.400. The summed E-state index contributed by atoms with van der Waals surface area (Å²) in [6, 6.07) is 29.5. The second-order valence-corrected chi connectivity index (χ2v) is 17.4. The van der Waals surface area contributed by atoms with E-state index in [1.165, 1.54) is 0 Å². The van der Waals surface area contributed by atoms with Crippen LogP contribution in [-0.2, 0) is 9.59 Å². The number of piperazine rings is 1. The van der Waals surface area contributed by atoms with Crippen LogP contribution in [-0.4, -0.2) is 128 Å². The number of hydroxylamine groups is 2. The van der Waals surface area contributed by atoms with Crippen LogP contribution in [0.1, 0.15) is 40.5 Å². The molecule has 0 radical (unpaired) electrons. The van der Waals surface area contributed by atoms with Crippen LogP contribution >= 0.6 is 48.5 Å². The third kappa shape index (κ3) is 28.1. The van der Waals surface area contributed by atoms with E-state index in [9.17, 15) is 9.59 Å². The molecule has 67 heavy (non-hydrogen) atoms. The fourth-order valence-electron chi connectivity index (χ4n) is 5.89. The molecule has 0 spiro atoms. The normalized spacial score (nSPS) is 15.7. The summed E-state index contributed by atoms with van der Waals surface area (Å²) >= 11 is 19.9. The molecule has 0 aliphatic carbocycles. The van der Waals surface area contributed by atoms with Crippen LogP contribution in [0.15, 0.2) is 131 Å². The number of nitrogens with one attached hydrogen (secondary N) is 3. The van der Waals surface area contributed by atoms with E-state index >= 15 is 0 Å². The number of amides is 2. The lowest BCUT2D eigenvalue weighted by Gasteiger charge is -2.32. The number of halogens is 2. The molecule has 13 nitrogen and oxygen atoms in total. The minimum absolute atomic E-state index is 0.0325. The Hall–Kier alpha value is -4.10. The van der Waals surface area contributed by atoms with E-state index in [0.29, 0.717) is 47.6 Å². The molecule has 2 aliphatic rings. The quantitative estimate of drug-likeness (QED) is 0.0168. The smallest absolute Gasteiger partial charge is 0.237 e. The molecule has 1 unspecified atom stereocenters. The highest BCUT2D eigenvalue weighted by atomic mass is 35.5. The van der Waals surface area contributed by atoms with Crippen LogP contribution in [0.3, 0.4) is 0 Å². The molecule has 7 N–H and O–H groups in total. The van der Waals surface area contributed by atoms with Crippen molar-refractivity contribution in [1.82, 2.24) is 30.8 Å². The van der Waals surface area contributed by atoms with E-state index in [1.807, 2.05) is 106 Å². The number of aliphatic hydroxyl groups is 1. The summed E-state index contributed by atoms with van der Waals surface area (Å²) in [6.45, 7) is 15.8. The maximum atomic E-state index is 11.7. The van der Waals surface area contributed by atoms with Crippen molar-refractivity contribution < 1.29 is 29.4 Å². The van der Waals surface area contributed by atoms with Gasteiger partial charge in [0.15, 0.2) is 0 Å². The number of aliphatic hydroxyl groups excluding tert-OH is 1.